The van der Waals surface area contributed by atoms with Gasteiger partial charge in [0.1, 0.15) is 17.1 Å². The Balaban J connectivity index is 1.49. The fourth-order valence-corrected chi connectivity index (χ4v) is 4.29. The zero-order valence-corrected chi connectivity index (χ0v) is 18.9. The molecule has 0 unspecified atom stereocenters. The summed E-state index contributed by atoms with van der Waals surface area (Å²) in [5.41, 5.74) is 3.46. The Labute approximate surface area is 187 Å². The molecule has 4 rings (SSSR count). The first-order valence-corrected chi connectivity index (χ1v) is 10.8. The van der Waals surface area contributed by atoms with Crippen LogP contribution in [-0.4, -0.2) is 51.9 Å². The maximum absolute atomic E-state index is 13.2. The number of piperidine rings is 1. The number of amides is 2. The zero-order valence-electron chi connectivity index (χ0n) is 18.9. The van der Waals surface area contributed by atoms with E-state index in [9.17, 15) is 9.59 Å². The number of aryl methyl sites for hydroxylation is 3. The molecular weight excluding hydrogens is 408 g/mol. The SMILES string of the molecule is Cc1ccc(C(=O)N(C)Cc2ccco2)c(C2CCN(C(=O)c3c(C)noc3C)CC2)n1. The molecule has 1 fully saturated rings. The van der Waals surface area contributed by atoms with Crippen LogP contribution in [0.1, 0.15) is 68.1 Å². The molecule has 3 aromatic rings. The second-order valence-corrected chi connectivity index (χ2v) is 8.39. The number of rotatable bonds is 5. The maximum atomic E-state index is 13.2. The highest BCUT2D eigenvalue weighted by atomic mass is 16.5. The Morgan fingerprint density at radius 1 is 1.16 bits per heavy atom. The molecule has 1 saturated heterocycles. The molecule has 1 aliphatic rings. The number of hydrogen-bond acceptors (Lipinski definition) is 6. The van der Waals surface area contributed by atoms with Gasteiger partial charge in [0.05, 0.1) is 29.8 Å². The predicted octanol–water partition coefficient (Wildman–Crippen LogP) is 3.88. The lowest BCUT2D eigenvalue weighted by Crippen LogP contribution is -2.39. The normalized spacial score (nSPS) is 14.6. The van der Waals surface area contributed by atoms with Crippen LogP contribution in [0.15, 0.2) is 39.5 Å². The van der Waals surface area contributed by atoms with Crippen LogP contribution in [0.2, 0.25) is 0 Å². The standard InChI is InChI=1S/C24H28N4O4/c1-15-7-8-20(23(29)27(4)14-19-6-5-13-31-19)22(25-15)18-9-11-28(12-10-18)24(30)21-16(2)26-32-17(21)3/h5-8,13,18H,9-12,14H2,1-4H3. The number of pyridine rings is 1. The third-order valence-electron chi connectivity index (χ3n) is 6.03. The number of carbonyl (C=O) groups is 2. The second kappa shape index (κ2) is 8.98. The number of furan rings is 1. The van der Waals surface area contributed by atoms with E-state index in [2.05, 4.69) is 5.16 Å². The zero-order chi connectivity index (χ0) is 22.8. The molecule has 0 atom stereocenters. The first-order chi connectivity index (χ1) is 15.3. The summed E-state index contributed by atoms with van der Waals surface area (Å²) >= 11 is 0. The highest BCUT2D eigenvalue weighted by Gasteiger charge is 2.31. The fourth-order valence-electron chi connectivity index (χ4n) is 4.29. The van der Waals surface area contributed by atoms with E-state index in [4.69, 9.17) is 13.9 Å². The van der Waals surface area contributed by atoms with Gasteiger partial charge in [-0.05, 0) is 57.9 Å². The van der Waals surface area contributed by atoms with Gasteiger partial charge in [0.25, 0.3) is 11.8 Å². The third-order valence-corrected chi connectivity index (χ3v) is 6.03. The van der Waals surface area contributed by atoms with Gasteiger partial charge in [0.15, 0.2) is 0 Å². The monoisotopic (exact) mass is 436 g/mol. The van der Waals surface area contributed by atoms with E-state index >= 15 is 0 Å². The minimum absolute atomic E-state index is 0.0496. The Hall–Kier alpha value is -3.42. The van der Waals surface area contributed by atoms with Crippen molar-refractivity contribution in [3.8, 4) is 0 Å². The Morgan fingerprint density at radius 3 is 2.53 bits per heavy atom. The summed E-state index contributed by atoms with van der Waals surface area (Å²) in [6, 6.07) is 7.39. The topological polar surface area (TPSA) is 92.7 Å². The molecule has 4 heterocycles. The van der Waals surface area contributed by atoms with Crippen molar-refractivity contribution in [2.75, 3.05) is 20.1 Å². The minimum atomic E-state index is -0.0851. The van der Waals surface area contributed by atoms with E-state index in [0.717, 1.165) is 30.0 Å². The lowest BCUT2D eigenvalue weighted by atomic mass is 9.89. The van der Waals surface area contributed by atoms with Crippen LogP contribution in [0.5, 0.6) is 0 Å². The Bertz CT molecular complexity index is 1090. The van der Waals surface area contributed by atoms with Crippen LogP contribution < -0.4 is 0 Å². The molecule has 2 amide bonds. The van der Waals surface area contributed by atoms with E-state index in [1.54, 1.807) is 32.1 Å². The van der Waals surface area contributed by atoms with Gasteiger partial charge in [-0.1, -0.05) is 5.16 Å². The molecule has 0 radical (unpaired) electrons. The summed E-state index contributed by atoms with van der Waals surface area (Å²) in [7, 11) is 1.76. The van der Waals surface area contributed by atoms with Crippen molar-refractivity contribution in [3.05, 3.63) is 70.3 Å². The van der Waals surface area contributed by atoms with E-state index in [0.29, 0.717) is 42.2 Å². The van der Waals surface area contributed by atoms with E-state index in [1.807, 2.05) is 36.1 Å². The minimum Gasteiger partial charge on any atom is -0.467 e. The summed E-state index contributed by atoms with van der Waals surface area (Å²) in [4.78, 5) is 34.4. The molecule has 3 aromatic heterocycles. The quantitative estimate of drug-likeness (QED) is 0.603. The number of aromatic nitrogens is 2. The predicted molar refractivity (Wildman–Crippen MR) is 117 cm³/mol. The van der Waals surface area contributed by atoms with Gasteiger partial charge in [0.2, 0.25) is 0 Å². The first-order valence-electron chi connectivity index (χ1n) is 10.8. The summed E-state index contributed by atoms with van der Waals surface area (Å²) in [6.07, 6.45) is 3.09. The van der Waals surface area contributed by atoms with Gasteiger partial charge in [-0.25, -0.2) is 0 Å². The molecule has 0 N–H and O–H groups in total. The van der Waals surface area contributed by atoms with E-state index < -0.39 is 0 Å². The average Bonchev–Trinajstić information content (AvgIpc) is 3.42. The third kappa shape index (κ3) is 4.30. The number of carbonyl (C=O) groups excluding carboxylic acids is 2. The van der Waals surface area contributed by atoms with Crippen molar-refractivity contribution in [1.29, 1.82) is 0 Å². The van der Waals surface area contributed by atoms with Gasteiger partial charge < -0.3 is 18.7 Å². The lowest BCUT2D eigenvalue weighted by Gasteiger charge is -2.32. The van der Waals surface area contributed by atoms with Gasteiger partial charge in [0, 0.05) is 31.7 Å². The molecule has 168 valence electrons. The molecule has 8 nitrogen and oxygen atoms in total. The summed E-state index contributed by atoms with van der Waals surface area (Å²) in [5.74, 6) is 1.25. The van der Waals surface area contributed by atoms with Crippen molar-refractivity contribution in [2.45, 2.75) is 46.1 Å². The van der Waals surface area contributed by atoms with Crippen molar-refractivity contribution >= 4 is 11.8 Å². The first kappa shape index (κ1) is 21.8. The molecule has 1 aliphatic heterocycles. The van der Waals surface area contributed by atoms with Crippen LogP contribution in [-0.2, 0) is 6.54 Å². The van der Waals surface area contributed by atoms with Crippen LogP contribution in [0.3, 0.4) is 0 Å². The van der Waals surface area contributed by atoms with Crippen LogP contribution in [0.25, 0.3) is 0 Å². The molecule has 32 heavy (non-hydrogen) atoms. The van der Waals surface area contributed by atoms with Gasteiger partial charge in [-0.15, -0.1) is 0 Å². The van der Waals surface area contributed by atoms with Gasteiger partial charge in [-0.3, -0.25) is 14.6 Å². The average molecular weight is 437 g/mol. The van der Waals surface area contributed by atoms with Gasteiger partial charge in [-0.2, -0.15) is 0 Å². The molecule has 0 saturated carbocycles. The smallest absolute Gasteiger partial charge is 0.259 e. The van der Waals surface area contributed by atoms with Crippen molar-refractivity contribution in [1.82, 2.24) is 19.9 Å². The molecular formula is C24H28N4O4. The summed E-state index contributed by atoms with van der Waals surface area (Å²) in [5, 5.41) is 3.90. The van der Waals surface area contributed by atoms with Crippen LogP contribution >= 0.6 is 0 Å². The Morgan fingerprint density at radius 2 is 1.91 bits per heavy atom. The summed E-state index contributed by atoms with van der Waals surface area (Å²) in [6.45, 7) is 7.06. The highest BCUT2D eigenvalue weighted by Crippen LogP contribution is 2.31. The fraction of sp³-hybridized carbons (Fsp3) is 0.417. The van der Waals surface area contributed by atoms with E-state index in [1.165, 1.54) is 0 Å². The van der Waals surface area contributed by atoms with Crippen molar-refractivity contribution < 1.29 is 18.5 Å². The number of hydrogen-bond donors (Lipinski definition) is 0. The van der Waals surface area contributed by atoms with Crippen LogP contribution in [0.4, 0.5) is 0 Å². The molecule has 0 aromatic carbocycles. The number of likely N-dealkylation sites (tertiary alicyclic amines) is 1. The molecule has 0 bridgehead atoms. The molecule has 8 heteroatoms. The molecule has 0 aliphatic carbocycles. The van der Waals surface area contributed by atoms with Gasteiger partial charge >= 0.3 is 0 Å². The van der Waals surface area contributed by atoms with Crippen molar-refractivity contribution in [2.24, 2.45) is 0 Å². The maximum Gasteiger partial charge on any atom is 0.259 e. The Kier molecular flexibility index (Phi) is 6.12. The second-order valence-electron chi connectivity index (χ2n) is 8.39. The summed E-state index contributed by atoms with van der Waals surface area (Å²) < 4.78 is 10.5. The highest BCUT2D eigenvalue weighted by molar-refractivity contribution is 5.96. The van der Waals surface area contributed by atoms with E-state index in [-0.39, 0.29) is 17.7 Å². The number of nitrogens with zero attached hydrogens (tertiary/aromatic N) is 4. The van der Waals surface area contributed by atoms with Crippen LogP contribution in [0, 0.1) is 20.8 Å². The van der Waals surface area contributed by atoms with Crippen molar-refractivity contribution in [3.63, 3.8) is 0 Å². The molecule has 0 spiro atoms. The largest absolute Gasteiger partial charge is 0.467 e. The lowest BCUT2D eigenvalue weighted by molar-refractivity contribution is 0.0703.